The molecule has 0 radical (unpaired) electrons. The van der Waals surface area contributed by atoms with E-state index in [1.54, 1.807) is 6.92 Å². The molecule has 116 valence electrons. The third-order valence-electron chi connectivity index (χ3n) is 3.70. The van der Waals surface area contributed by atoms with Gasteiger partial charge in [0.2, 0.25) is 5.91 Å². The summed E-state index contributed by atoms with van der Waals surface area (Å²) in [6.45, 7) is 1.57. The molecule has 6 heteroatoms. The van der Waals surface area contributed by atoms with Gasteiger partial charge in [0, 0.05) is 11.7 Å². The lowest BCUT2D eigenvalue weighted by atomic mass is 10.1. The molecule has 1 unspecified atom stereocenters. The molecule has 2 N–H and O–H groups in total. The molecule has 0 heterocycles. The Morgan fingerprint density at radius 3 is 2.48 bits per heavy atom. The molecule has 2 rings (SSSR count). The predicted molar refractivity (Wildman–Crippen MR) is 74.9 cm³/mol. The van der Waals surface area contributed by atoms with Crippen molar-refractivity contribution in [2.75, 3.05) is 5.32 Å². The van der Waals surface area contributed by atoms with Crippen LogP contribution in [0.2, 0.25) is 0 Å². The summed E-state index contributed by atoms with van der Waals surface area (Å²) in [5.41, 5.74) is -0.829. The van der Waals surface area contributed by atoms with Crippen LogP contribution < -0.4 is 10.6 Å². The molecule has 1 saturated carbocycles. The summed E-state index contributed by atoms with van der Waals surface area (Å²) in [7, 11) is 0. The van der Waals surface area contributed by atoms with Gasteiger partial charge in [0.05, 0.1) is 5.56 Å². The Morgan fingerprint density at radius 2 is 1.86 bits per heavy atom. The zero-order valence-corrected chi connectivity index (χ0v) is 11.8. The second-order valence-corrected chi connectivity index (χ2v) is 5.40. The fraction of sp³-hybridized carbons (Fsp3) is 0.533. The number of para-hydroxylation sites is 1. The number of hydrogen-bond donors (Lipinski definition) is 2. The van der Waals surface area contributed by atoms with Crippen LogP contribution in [0.25, 0.3) is 0 Å². The maximum absolute atomic E-state index is 12.9. The van der Waals surface area contributed by atoms with Gasteiger partial charge in [-0.15, -0.1) is 0 Å². The highest BCUT2D eigenvalue weighted by Crippen LogP contribution is 2.34. The smallest absolute Gasteiger partial charge is 0.373 e. The minimum absolute atomic E-state index is 0.0703. The Kier molecular flexibility index (Phi) is 4.75. The lowest BCUT2D eigenvalue weighted by molar-refractivity contribution is -0.137. The summed E-state index contributed by atoms with van der Waals surface area (Å²) in [5, 5.41) is 5.53. The van der Waals surface area contributed by atoms with E-state index in [1.165, 1.54) is 18.2 Å². The standard InChI is InChI=1S/C15H19F3N2O/c1-10(14(21)20-11-6-2-3-7-11)19-13-9-5-4-8-12(13)15(16,17)18/h4-5,8-11,19H,2-3,6-7H2,1H3,(H,20,21). The van der Waals surface area contributed by atoms with E-state index in [4.69, 9.17) is 0 Å². The maximum atomic E-state index is 12.9. The van der Waals surface area contributed by atoms with Crippen LogP contribution in [0.3, 0.4) is 0 Å². The normalized spacial score (nSPS) is 17.5. The predicted octanol–water partition coefficient (Wildman–Crippen LogP) is 3.56. The Morgan fingerprint density at radius 1 is 1.24 bits per heavy atom. The van der Waals surface area contributed by atoms with Gasteiger partial charge in [-0.05, 0) is 31.9 Å². The van der Waals surface area contributed by atoms with Gasteiger partial charge in [-0.2, -0.15) is 13.2 Å². The van der Waals surface area contributed by atoms with Gasteiger partial charge in [0.15, 0.2) is 0 Å². The maximum Gasteiger partial charge on any atom is 0.418 e. The highest BCUT2D eigenvalue weighted by molar-refractivity contribution is 5.84. The molecule has 1 aromatic rings. The molecular weight excluding hydrogens is 281 g/mol. The molecule has 1 aromatic carbocycles. The first-order valence-electron chi connectivity index (χ1n) is 7.11. The monoisotopic (exact) mass is 300 g/mol. The van der Waals surface area contributed by atoms with Gasteiger partial charge in [-0.25, -0.2) is 0 Å². The van der Waals surface area contributed by atoms with E-state index in [0.717, 1.165) is 31.7 Å². The third-order valence-corrected chi connectivity index (χ3v) is 3.70. The van der Waals surface area contributed by atoms with Crippen molar-refractivity contribution in [1.29, 1.82) is 0 Å². The molecule has 1 atom stereocenters. The average molecular weight is 300 g/mol. The Labute approximate surface area is 121 Å². The number of rotatable bonds is 4. The average Bonchev–Trinajstić information content (AvgIpc) is 2.91. The van der Waals surface area contributed by atoms with Crippen molar-refractivity contribution < 1.29 is 18.0 Å². The first kappa shape index (κ1) is 15.7. The number of carbonyl (C=O) groups excluding carboxylic acids is 1. The molecule has 1 aliphatic rings. The van der Waals surface area contributed by atoms with E-state index < -0.39 is 17.8 Å². The summed E-state index contributed by atoms with van der Waals surface area (Å²) in [6.07, 6.45) is -0.381. The van der Waals surface area contributed by atoms with Crippen LogP contribution in [0.15, 0.2) is 24.3 Å². The third kappa shape index (κ3) is 4.12. The molecule has 0 bridgehead atoms. The van der Waals surface area contributed by atoms with Crippen molar-refractivity contribution in [3.05, 3.63) is 29.8 Å². The van der Waals surface area contributed by atoms with Gasteiger partial charge in [0.25, 0.3) is 0 Å². The molecule has 0 saturated heterocycles. The zero-order chi connectivity index (χ0) is 15.5. The summed E-state index contributed by atoms with van der Waals surface area (Å²) in [6, 6.07) is 4.62. The number of benzene rings is 1. The fourth-order valence-corrected chi connectivity index (χ4v) is 2.55. The molecule has 1 fully saturated rings. The molecule has 0 aliphatic heterocycles. The number of halogens is 3. The van der Waals surface area contributed by atoms with E-state index in [-0.39, 0.29) is 17.6 Å². The van der Waals surface area contributed by atoms with Crippen LogP contribution in [0.1, 0.15) is 38.2 Å². The van der Waals surface area contributed by atoms with Gasteiger partial charge < -0.3 is 10.6 Å². The quantitative estimate of drug-likeness (QED) is 0.892. The number of alkyl halides is 3. The Bertz CT molecular complexity index is 496. The Balaban J connectivity index is 2.02. The number of carbonyl (C=O) groups is 1. The molecule has 0 aromatic heterocycles. The van der Waals surface area contributed by atoms with Crippen LogP contribution in [0, 0.1) is 0 Å². The van der Waals surface area contributed by atoms with Crippen LogP contribution in [0.4, 0.5) is 18.9 Å². The largest absolute Gasteiger partial charge is 0.418 e. The minimum atomic E-state index is -4.44. The summed E-state index contributed by atoms with van der Waals surface area (Å²) in [5.74, 6) is -0.265. The van der Waals surface area contributed by atoms with E-state index in [1.807, 2.05) is 0 Å². The van der Waals surface area contributed by atoms with Crippen molar-refractivity contribution in [3.8, 4) is 0 Å². The van der Waals surface area contributed by atoms with Gasteiger partial charge >= 0.3 is 6.18 Å². The summed E-state index contributed by atoms with van der Waals surface area (Å²) < 4.78 is 38.7. The van der Waals surface area contributed by atoms with Gasteiger partial charge in [-0.1, -0.05) is 25.0 Å². The van der Waals surface area contributed by atoms with Crippen LogP contribution in [0.5, 0.6) is 0 Å². The van der Waals surface area contributed by atoms with Crippen LogP contribution >= 0.6 is 0 Å². The zero-order valence-electron chi connectivity index (χ0n) is 11.8. The van der Waals surface area contributed by atoms with Crippen LogP contribution in [-0.2, 0) is 11.0 Å². The lowest BCUT2D eigenvalue weighted by Crippen LogP contribution is -2.42. The topological polar surface area (TPSA) is 41.1 Å². The van der Waals surface area contributed by atoms with Gasteiger partial charge in [0.1, 0.15) is 6.04 Å². The number of nitrogens with one attached hydrogen (secondary N) is 2. The highest BCUT2D eigenvalue weighted by Gasteiger charge is 2.33. The minimum Gasteiger partial charge on any atom is -0.373 e. The van der Waals surface area contributed by atoms with Crippen molar-refractivity contribution in [1.82, 2.24) is 5.32 Å². The highest BCUT2D eigenvalue weighted by atomic mass is 19.4. The van der Waals surface area contributed by atoms with E-state index >= 15 is 0 Å². The van der Waals surface area contributed by atoms with Crippen LogP contribution in [-0.4, -0.2) is 18.0 Å². The van der Waals surface area contributed by atoms with E-state index in [0.29, 0.717) is 0 Å². The molecule has 0 spiro atoms. The molecule has 21 heavy (non-hydrogen) atoms. The molecule has 1 amide bonds. The first-order valence-corrected chi connectivity index (χ1v) is 7.11. The fourth-order valence-electron chi connectivity index (χ4n) is 2.55. The first-order chi connectivity index (χ1) is 9.88. The number of amides is 1. The molecule has 1 aliphatic carbocycles. The second kappa shape index (κ2) is 6.37. The summed E-state index contributed by atoms with van der Waals surface area (Å²) >= 11 is 0. The van der Waals surface area contributed by atoms with Crippen molar-refractivity contribution in [2.24, 2.45) is 0 Å². The van der Waals surface area contributed by atoms with Crippen molar-refractivity contribution in [3.63, 3.8) is 0 Å². The van der Waals surface area contributed by atoms with Gasteiger partial charge in [-0.3, -0.25) is 4.79 Å². The molecular formula is C15H19F3N2O. The number of hydrogen-bond acceptors (Lipinski definition) is 2. The van der Waals surface area contributed by atoms with E-state index in [2.05, 4.69) is 10.6 Å². The molecule has 3 nitrogen and oxygen atoms in total. The van der Waals surface area contributed by atoms with Crippen molar-refractivity contribution in [2.45, 2.75) is 50.9 Å². The van der Waals surface area contributed by atoms with E-state index in [9.17, 15) is 18.0 Å². The van der Waals surface area contributed by atoms with Crippen molar-refractivity contribution >= 4 is 11.6 Å². The SMILES string of the molecule is CC(Nc1ccccc1C(F)(F)F)C(=O)NC1CCCC1. The lowest BCUT2D eigenvalue weighted by Gasteiger charge is -2.21. The number of anilines is 1. The second-order valence-electron chi connectivity index (χ2n) is 5.40. The summed E-state index contributed by atoms with van der Waals surface area (Å²) in [4.78, 5) is 12.0. The Hall–Kier alpha value is -1.72.